The number of hydrazone groups is 1. The zero-order valence-corrected chi connectivity index (χ0v) is 17.6. The topological polar surface area (TPSA) is 76.3 Å². The van der Waals surface area contributed by atoms with Crippen LogP contribution in [-0.4, -0.2) is 21.7 Å². The quantitative estimate of drug-likeness (QED) is 0.375. The standard InChI is InChI=1S/C22H17ClN4O2S/c1-14-2-6-16(7-3-14)18-12-30-21-20(18)22(29)27(13-24-21)11-19(28)26-25-10-15-4-8-17(23)9-5-15/h2-10,12-13H,11H2,1H3,(H,26,28)/b25-10-. The molecule has 0 atom stereocenters. The second kappa shape index (κ2) is 8.61. The molecule has 1 N–H and O–H groups in total. The van der Waals surface area contributed by atoms with Gasteiger partial charge in [0.2, 0.25) is 0 Å². The number of nitrogens with one attached hydrogen (secondary N) is 1. The molecule has 6 nitrogen and oxygen atoms in total. The third kappa shape index (κ3) is 4.32. The number of benzene rings is 2. The number of halogens is 1. The first-order valence-electron chi connectivity index (χ1n) is 9.12. The Morgan fingerprint density at radius 2 is 1.93 bits per heavy atom. The van der Waals surface area contributed by atoms with E-state index in [0.717, 1.165) is 22.3 Å². The first-order chi connectivity index (χ1) is 14.5. The molecule has 4 aromatic rings. The lowest BCUT2D eigenvalue weighted by atomic mass is 10.1. The Bertz CT molecular complexity index is 1290. The van der Waals surface area contributed by atoms with E-state index in [2.05, 4.69) is 15.5 Å². The lowest BCUT2D eigenvalue weighted by Gasteiger charge is -2.05. The van der Waals surface area contributed by atoms with E-state index in [9.17, 15) is 9.59 Å². The SMILES string of the molecule is Cc1ccc(-c2csc3ncn(CC(=O)N/N=C\c4ccc(Cl)cc4)c(=O)c23)cc1. The average Bonchev–Trinajstić information content (AvgIpc) is 3.17. The number of amides is 1. The fourth-order valence-corrected chi connectivity index (χ4v) is 3.98. The van der Waals surface area contributed by atoms with E-state index in [-0.39, 0.29) is 12.1 Å². The molecule has 0 bridgehead atoms. The number of thiophene rings is 1. The second-order valence-corrected chi connectivity index (χ2v) is 8.01. The number of nitrogens with zero attached hydrogens (tertiary/aromatic N) is 3. The number of fused-ring (bicyclic) bond motifs is 1. The minimum Gasteiger partial charge on any atom is -0.289 e. The van der Waals surface area contributed by atoms with Crippen molar-refractivity contribution >= 4 is 45.3 Å². The Morgan fingerprint density at radius 1 is 1.20 bits per heavy atom. The van der Waals surface area contributed by atoms with Gasteiger partial charge in [0, 0.05) is 16.0 Å². The molecule has 0 saturated heterocycles. The van der Waals surface area contributed by atoms with Gasteiger partial charge in [-0.1, -0.05) is 53.6 Å². The molecule has 0 aliphatic rings. The molecule has 2 aromatic carbocycles. The van der Waals surface area contributed by atoms with Crippen molar-refractivity contribution in [1.82, 2.24) is 15.0 Å². The average molecular weight is 437 g/mol. The summed E-state index contributed by atoms with van der Waals surface area (Å²) < 4.78 is 1.29. The van der Waals surface area contributed by atoms with Gasteiger partial charge in [-0.3, -0.25) is 14.2 Å². The molecule has 30 heavy (non-hydrogen) atoms. The summed E-state index contributed by atoms with van der Waals surface area (Å²) in [6, 6.07) is 15.0. The van der Waals surface area contributed by atoms with E-state index in [4.69, 9.17) is 11.6 Å². The molecule has 0 spiro atoms. The van der Waals surface area contributed by atoms with E-state index in [0.29, 0.717) is 15.2 Å². The zero-order chi connectivity index (χ0) is 21.1. The number of hydrogen-bond acceptors (Lipinski definition) is 5. The van der Waals surface area contributed by atoms with E-state index in [1.807, 2.05) is 36.6 Å². The Kier molecular flexibility index (Phi) is 5.74. The van der Waals surface area contributed by atoms with Gasteiger partial charge in [0.15, 0.2) is 0 Å². The summed E-state index contributed by atoms with van der Waals surface area (Å²) in [7, 11) is 0. The summed E-state index contributed by atoms with van der Waals surface area (Å²) in [5.74, 6) is -0.421. The Morgan fingerprint density at radius 3 is 2.67 bits per heavy atom. The predicted molar refractivity (Wildman–Crippen MR) is 121 cm³/mol. The van der Waals surface area contributed by atoms with Crippen LogP contribution in [0, 0.1) is 6.92 Å². The minimum absolute atomic E-state index is 0.178. The van der Waals surface area contributed by atoms with Gasteiger partial charge in [-0.2, -0.15) is 5.10 Å². The van der Waals surface area contributed by atoms with Crippen molar-refractivity contribution in [2.75, 3.05) is 0 Å². The van der Waals surface area contributed by atoms with Crippen LogP contribution in [0.5, 0.6) is 0 Å². The highest BCUT2D eigenvalue weighted by atomic mass is 35.5. The molecule has 8 heteroatoms. The van der Waals surface area contributed by atoms with Crippen LogP contribution in [0.15, 0.2) is 70.1 Å². The second-order valence-electron chi connectivity index (χ2n) is 6.72. The van der Waals surface area contributed by atoms with Crippen molar-refractivity contribution in [3.05, 3.63) is 86.7 Å². The fraction of sp³-hybridized carbons (Fsp3) is 0.0909. The van der Waals surface area contributed by atoms with Crippen molar-refractivity contribution < 1.29 is 4.79 Å². The smallest absolute Gasteiger partial charge is 0.263 e. The highest BCUT2D eigenvalue weighted by Gasteiger charge is 2.14. The first kappa shape index (κ1) is 20.0. The van der Waals surface area contributed by atoms with E-state index in [1.54, 1.807) is 24.3 Å². The van der Waals surface area contributed by atoms with Crippen molar-refractivity contribution in [3.63, 3.8) is 0 Å². The summed E-state index contributed by atoms with van der Waals surface area (Å²) in [6.07, 6.45) is 2.90. The zero-order valence-electron chi connectivity index (χ0n) is 16.0. The van der Waals surface area contributed by atoms with Gasteiger partial charge in [0.05, 0.1) is 17.9 Å². The normalized spacial score (nSPS) is 11.3. The summed E-state index contributed by atoms with van der Waals surface area (Å²) in [6.45, 7) is 1.83. The minimum atomic E-state index is -0.421. The fourth-order valence-electron chi connectivity index (χ4n) is 2.94. The molecular formula is C22H17ClN4O2S. The molecule has 4 rings (SSSR count). The summed E-state index contributed by atoms with van der Waals surface area (Å²) >= 11 is 7.25. The van der Waals surface area contributed by atoms with E-state index in [1.165, 1.54) is 28.4 Å². The van der Waals surface area contributed by atoms with Crippen LogP contribution < -0.4 is 11.0 Å². The van der Waals surface area contributed by atoms with Crippen molar-refractivity contribution in [1.29, 1.82) is 0 Å². The van der Waals surface area contributed by atoms with Crippen molar-refractivity contribution in [2.24, 2.45) is 5.10 Å². The van der Waals surface area contributed by atoms with Crippen LogP contribution in [-0.2, 0) is 11.3 Å². The molecule has 2 aromatic heterocycles. The maximum absolute atomic E-state index is 13.0. The maximum atomic E-state index is 13.0. The molecule has 0 aliphatic heterocycles. The molecule has 1 amide bonds. The lowest BCUT2D eigenvalue weighted by molar-refractivity contribution is -0.121. The van der Waals surface area contributed by atoms with E-state index >= 15 is 0 Å². The molecule has 0 saturated carbocycles. The van der Waals surface area contributed by atoms with Gasteiger partial charge >= 0.3 is 0 Å². The highest BCUT2D eigenvalue weighted by Crippen LogP contribution is 2.30. The van der Waals surface area contributed by atoms with Crippen LogP contribution in [0.3, 0.4) is 0 Å². The van der Waals surface area contributed by atoms with Gasteiger partial charge in [0.25, 0.3) is 11.5 Å². The molecule has 2 heterocycles. The van der Waals surface area contributed by atoms with E-state index < -0.39 is 5.91 Å². The van der Waals surface area contributed by atoms with Crippen LogP contribution >= 0.6 is 22.9 Å². The van der Waals surface area contributed by atoms with Crippen LogP contribution in [0.2, 0.25) is 5.02 Å². The van der Waals surface area contributed by atoms with Gasteiger partial charge in [-0.05, 0) is 30.2 Å². The monoisotopic (exact) mass is 436 g/mol. The molecule has 0 fully saturated rings. The van der Waals surface area contributed by atoms with Crippen molar-refractivity contribution in [3.8, 4) is 11.1 Å². The summed E-state index contributed by atoms with van der Waals surface area (Å²) in [5.41, 5.74) is 5.88. The number of rotatable bonds is 5. The van der Waals surface area contributed by atoms with Crippen LogP contribution in [0.1, 0.15) is 11.1 Å². The van der Waals surface area contributed by atoms with Crippen LogP contribution in [0.4, 0.5) is 0 Å². The number of hydrogen-bond donors (Lipinski definition) is 1. The van der Waals surface area contributed by atoms with Gasteiger partial charge < -0.3 is 0 Å². The Balaban J connectivity index is 1.54. The number of carbonyl (C=O) groups is 1. The Labute approximate surface area is 181 Å². The molecule has 0 unspecified atom stereocenters. The highest BCUT2D eigenvalue weighted by molar-refractivity contribution is 7.17. The molecule has 150 valence electrons. The first-order valence-corrected chi connectivity index (χ1v) is 10.4. The third-order valence-corrected chi connectivity index (χ3v) is 5.65. The Hall–Kier alpha value is -3.29. The van der Waals surface area contributed by atoms with Crippen molar-refractivity contribution in [2.45, 2.75) is 13.5 Å². The number of aryl methyl sites for hydroxylation is 1. The molecular weight excluding hydrogens is 420 g/mol. The summed E-state index contributed by atoms with van der Waals surface area (Å²) in [4.78, 5) is 30.2. The molecule has 0 radical (unpaired) electrons. The third-order valence-electron chi connectivity index (χ3n) is 4.51. The number of carbonyl (C=O) groups excluding carboxylic acids is 1. The van der Waals surface area contributed by atoms with Gasteiger partial charge in [-0.25, -0.2) is 10.4 Å². The van der Waals surface area contributed by atoms with Gasteiger partial charge in [-0.15, -0.1) is 11.3 Å². The predicted octanol–water partition coefficient (Wildman–Crippen LogP) is 4.24. The van der Waals surface area contributed by atoms with Gasteiger partial charge in [0.1, 0.15) is 11.4 Å². The lowest BCUT2D eigenvalue weighted by Crippen LogP contribution is -2.30. The van der Waals surface area contributed by atoms with Crippen LogP contribution in [0.25, 0.3) is 21.3 Å². The summed E-state index contributed by atoms with van der Waals surface area (Å²) in [5, 5.41) is 6.98. The molecule has 0 aliphatic carbocycles. The number of aromatic nitrogens is 2. The largest absolute Gasteiger partial charge is 0.289 e. The maximum Gasteiger partial charge on any atom is 0.263 e.